The van der Waals surface area contributed by atoms with Crippen molar-refractivity contribution < 1.29 is 9.53 Å². The number of ether oxygens (including phenoxy) is 1. The number of nitrogens with zero attached hydrogens (tertiary/aromatic N) is 4. The summed E-state index contributed by atoms with van der Waals surface area (Å²) in [6.45, 7) is 13.0. The maximum Gasteiger partial charge on any atom is 0.255 e. The van der Waals surface area contributed by atoms with E-state index in [1.807, 2.05) is 17.9 Å². The molecular formula is C21H36N4O2. The molecule has 6 nitrogen and oxygen atoms in total. The van der Waals surface area contributed by atoms with Crippen molar-refractivity contribution in [3.05, 3.63) is 23.0 Å². The van der Waals surface area contributed by atoms with Gasteiger partial charge >= 0.3 is 0 Å². The van der Waals surface area contributed by atoms with Crippen LogP contribution in [0.25, 0.3) is 0 Å². The minimum atomic E-state index is 0.183. The second-order valence-electron chi connectivity index (χ2n) is 8.16. The Kier molecular flexibility index (Phi) is 6.61. The van der Waals surface area contributed by atoms with E-state index in [1.165, 1.54) is 25.9 Å². The van der Waals surface area contributed by atoms with Crippen LogP contribution in [-0.4, -0.2) is 90.7 Å². The Bertz CT molecular complexity index is 643. The molecule has 0 bridgehead atoms. The maximum absolute atomic E-state index is 13.0. The van der Waals surface area contributed by atoms with Gasteiger partial charge in [0.15, 0.2) is 0 Å². The SMILES string of the molecule is CCN(C1CCN(C)CC1)C1CN(C(=O)c2cc(C)n(CCOC)c2C)C1. The molecule has 2 aliphatic heterocycles. The second kappa shape index (κ2) is 8.76. The Morgan fingerprint density at radius 3 is 2.48 bits per heavy atom. The average molecular weight is 377 g/mol. The summed E-state index contributed by atoms with van der Waals surface area (Å²) >= 11 is 0. The van der Waals surface area contributed by atoms with Gasteiger partial charge in [-0.1, -0.05) is 6.92 Å². The van der Waals surface area contributed by atoms with Gasteiger partial charge in [-0.3, -0.25) is 9.69 Å². The number of hydrogen-bond acceptors (Lipinski definition) is 4. The summed E-state index contributed by atoms with van der Waals surface area (Å²) in [5.74, 6) is 0.183. The van der Waals surface area contributed by atoms with Crippen LogP contribution in [0.15, 0.2) is 6.07 Å². The van der Waals surface area contributed by atoms with Gasteiger partial charge in [0.2, 0.25) is 0 Å². The first kappa shape index (κ1) is 20.4. The van der Waals surface area contributed by atoms with Crippen LogP contribution >= 0.6 is 0 Å². The maximum atomic E-state index is 13.0. The van der Waals surface area contributed by atoms with E-state index < -0.39 is 0 Å². The highest BCUT2D eigenvalue weighted by atomic mass is 16.5. The highest BCUT2D eigenvalue weighted by Crippen LogP contribution is 2.26. The highest BCUT2D eigenvalue weighted by Gasteiger charge is 2.38. The van der Waals surface area contributed by atoms with Crippen LogP contribution < -0.4 is 0 Å². The molecule has 152 valence electrons. The first-order chi connectivity index (χ1) is 13.0. The Hall–Kier alpha value is -1.37. The molecule has 27 heavy (non-hydrogen) atoms. The molecule has 0 spiro atoms. The van der Waals surface area contributed by atoms with E-state index in [0.717, 1.165) is 43.1 Å². The average Bonchev–Trinajstić information content (AvgIpc) is 2.90. The number of aromatic nitrogens is 1. The summed E-state index contributed by atoms with van der Waals surface area (Å²) in [6, 6.07) is 3.23. The third-order valence-corrected chi connectivity index (χ3v) is 6.46. The lowest BCUT2D eigenvalue weighted by atomic mass is 9.97. The Morgan fingerprint density at radius 1 is 1.22 bits per heavy atom. The lowest BCUT2D eigenvalue weighted by Crippen LogP contribution is -2.63. The first-order valence-corrected chi connectivity index (χ1v) is 10.4. The largest absolute Gasteiger partial charge is 0.383 e. The van der Waals surface area contributed by atoms with Crippen LogP contribution in [0.4, 0.5) is 0 Å². The number of rotatable bonds is 7. The zero-order chi connectivity index (χ0) is 19.6. The lowest BCUT2D eigenvalue weighted by molar-refractivity contribution is -0.0000343. The van der Waals surface area contributed by atoms with E-state index >= 15 is 0 Å². The van der Waals surface area contributed by atoms with Crippen LogP contribution in [-0.2, 0) is 11.3 Å². The number of aryl methyl sites for hydroxylation is 1. The molecule has 2 fully saturated rings. The van der Waals surface area contributed by atoms with Gasteiger partial charge in [-0.25, -0.2) is 0 Å². The number of carbonyl (C=O) groups is 1. The minimum Gasteiger partial charge on any atom is -0.383 e. The smallest absolute Gasteiger partial charge is 0.255 e. The molecule has 0 unspecified atom stereocenters. The molecule has 2 aliphatic rings. The van der Waals surface area contributed by atoms with Crippen LogP contribution in [0.2, 0.25) is 0 Å². The molecule has 0 atom stereocenters. The minimum absolute atomic E-state index is 0.183. The third-order valence-electron chi connectivity index (χ3n) is 6.46. The number of hydrogen-bond donors (Lipinski definition) is 0. The zero-order valence-electron chi connectivity index (χ0n) is 17.7. The van der Waals surface area contributed by atoms with E-state index in [9.17, 15) is 4.79 Å². The molecule has 3 rings (SSSR count). The molecule has 0 radical (unpaired) electrons. The van der Waals surface area contributed by atoms with Crippen molar-refractivity contribution in [1.29, 1.82) is 0 Å². The molecule has 6 heteroatoms. The fourth-order valence-electron chi connectivity index (χ4n) is 4.69. The number of amides is 1. The quantitative estimate of drug-likeness (QED) is 0.730. The Labute approximate surface area is 164 Å². The number of likely N-dealkylation sites (tertiary alicyclic amines) is 2. The predicted molar refractivity (Wildman–Crippen MR) is 108 cm³/mol. The molecule has 1 aromatic rings. The summed E-state index contributed by atoms with van der Waals surface area (Å²) < 4.78 is 7.38. The van der Waals surface area contributed by atoms with Crippen molar-refractivity contribution in [2.45, 2.75) is 52.2 Å². The number of carbonyl (C=O) groups excluding carboxylic acids is 1. The highest BCUT2D eigenvalue weighted by molar-refractivity contribution is 5.96. The van der Waals surface area contributed by atoms with Crippen molar-refractivity contribution in [3.8, 4) is 0 Å². The van der Waals surface area contributed by atoms with Gasteiger partial charge in [-0.15, -0.1) is 0 Å². The third kappa shape index (κ3) is 4.23. The second-order valence-corrected chi connectivity index (χ2v) is 8.16. The van der Waals surface area contributed by atoms with E-state index in [1.54, 1.807) is 7.11 Å². The van der Waals surface area contributed by atoms with E-state index in [-0.39, 0.29) is 5.91 Å². The van der Waals surface area contributed by atoms with Gasteiger partial charge in [0.1, 0.15) is 0 Å². The van der Waals surface area contributed by atoms with Crippen LogP contribution in [0.5, 0.6) is 0 Å². The molecule has 0 saturated carbocycles. The summed E-state index contributed by atoms with van der Waals surface area (Å²) in [5, 5.41) is 0. The monoisotopic (exact) mass is 376 g/mol. The molecule has 0 aliphatic carbocycles. The van der Waals surface area contributed by atoms with E-state index in [0.29, 0.717) is 18.7 Å². The first-order valence-electron chi connectivity index (χ1n) is 10.4. The zero-order valence-corrected chi connectivity index (χ0v) is 17.7. The molecule has 1 amide bonds. The van der Waals surface area contributed by atoms with Crippen molar-refractivity contribution in [3.63, 3.8) is 0 Å². The molecule has 0 aromatic carbocycles. The Balaban J connectivity index is 1.59. The van der Waals surface area contributed by atoms with Gasteiger partial charge in [0.25, 0.3) is 5.91 Å². The van der Waals surface area contributed by atoms with Crippen molar-refractivity contribution in [1.82, 2.24) is 19.3 Å². The summed E-state index contributed by atoms with van der Waals surface area (Å²) in [4.78, 5) is 20.1. The van der Waals surface area contributed by atoms with Gasteiger partial charge in [-0.2, -0.15) is 0 Å². The number of methoxy groups -OCH3 is 1. The normalized spacial score (nSPS) is 19.7. The van der Waals surface area contributed by atoms with Crippen LogP contribution in [0.1, 0.15) is 41.5 Å². The topological polar surface area (TPSA) is 41.0 Å². The van der Waals surface area contributed by atoms with Gasteiger partial charge in [0.05, 0.1) is 12.2 Å². The fraction of sp³-hybridized carbons (Fsp3) is 0.762. The van der Waals surface area contributed by atoms with Gasteiger partial charge in [0, 0.05) is 50.2 Å². The van der Waals surface area contributed by atoms with Crippen molar-refractivity contribution in [2.24, 2.45) is 0 Å². The van der Waals surface area contributed by atoms with E-state index in [2.05, 4.69) is 35.3 Å². The lowest BCUT2D eigenvalue weighted by Gasteiger charge is -2.49. The molecule has 0 N–H and O–H groups in total. The van der Waals surface area contributed by atoms with Gasteiger partial charge in [-0.05, 0) is 59.4 Å². The van der Waals surface area contributed by atoms with Gasteiger partial charge < -0.3 is 19.1 Å². The summed E-state index contributed by atoms with van der Waals surface area (Å²) in [5.41, 5.74) is 3.04. The number of likely N-dealkylation sites (N-methyl/N-ethyl adjacent to an activating group) is 1. The fourth-order valence-corrected chi connectivity index (χ4v) is 4.69. The standard InChI is InChI=1S/C21H36N4O2/c1-6-24(18-7-9-22(4)10-8-18)19-14-23(15-19)21(26)20-13-16(2)25(17(20)3)11-12-27-5/h13,18-19H,6-12,14-15H2,1-5H3. The summed E-state index contributed by atoms with van der Waals surface area (Å²) in [7, 11) is 3.92. The van der Waals surface area contributed by atoms with Crippen molar-refractivity contribution >= 4 is 5.91 Å². The predicted octanol–water partition coefficient (Wildman–Crippen LogP) is 1.99. The van der Waals surface area contributed by atoms with Crippen LogP contribution in [0.3, 0.4) is 0 Å². The summed E-state index contributed by atoms with van der Waals surface area (Å²) in [6.07, 6.45) is 2.49. The van der Waals surface area contributed by atoms with E-state index in [4.69, 9.17) is 4.74 Å². The Morgan fingerprint density at radius 2 is 1.89 bits per heavy atom. The van der Waals surface area contributed by atoms with Crippen molar-refractivity contribution in [2.75, 3.05) is 53.5 Å². The molecule has 1 aromatic heterocycles. The number of piperidine rings is 1. The molecule has 2 saturated heterocycles. The van der Waals surface area contributed by atoms with Crippen LogP contribution in [0, 0.1) is 13.8 Å². The molecular weight excluding hydrogens is 340 g/mol. The molecule has 3 heterocycles.